The quantitative estimate of drug-likeness (QED) is 0.824. The minimum Gasteiger partial charge on any atom is -0.481 e. The molecule has 1 aliphatic carbocycles. The average Bonchev–Trinajstić information content (AvgIpc) is 2.76. The summed E-state index contributed by atoms with van der Waals surface area (Å²) in [7, 11) is 1.57. The first kappa shape index (κ1) is 11.1. The van der Waals surface area contributed by atoms with Gasteiger partial charge in [0.2, 0.25) is 5.88 Å². The number of ether oxygens (including phenoxy) is 2. The summed E-state index contributed by atoms with van der Waals surface area (Å²) in [6.45, 7) is 0.661. The van der Waals surface area contributed by atoms with Crippen molar-refractivity contribution in [2.75, 3.05) is 13.7 Å². The van der Waals surface area contributed by atoms with Gasteiger partial charge in [0.05, 0.1) is 7.11 Å². The van der Waals surface area contributed by atoms with Gasteiger partial charge in [-0.05, 0) is 25.8 Å². The molecule has 2 atom stereocenters. The minimum atomic E-state index is 0.150. The van der Waals surface area contributed by atoms with Crippen molar-refractivity contribution in [3.63, 3.8) is 0 Å². The van der Waals surface area contributed by atoms with Crippen molar-refractivity contribution < 1.29 is 9.47 Å². The normalized spacial score (nSPS) is 24.4. The van der Waals surface area contributed by atoms with Gasteiger partial charge in [-0.1, -0.05) is 0 Å². The molecule has 2 unspecified atom stereocenters. The van der Waals surface area contributed by atoms with E-state index in [1.54, 1.807) is 19.4 Å². The zero-order valence-electron chi connectivity index (χ0n) is 9.43. The van der Waals surface area contributed by atoms with Crippen LogP contribution in [0.2, 0.25) is 0 Å². The molecule has 1 aromatic heterocycles. The highest BCUT2D eigenvalue weighted by Crippen LogP contribution is 2.28. The fraction of sp³-hybridized carbons (Fsp3) is 0.636. The van der Waals surface area contributed by atoms with Crippen LogP contribution >= 0.6 is 0 Å². The number of methoxy groups -OCH3 is 1. The standard InChI is InChI=1S/C11H17N3O2/c1-15-10-5-6-13-11(14-10)16-9-4-2-3-8(9)7-12/h5-6,8-9H,2-4,7,12H2,1H3. The maximum Gasteiger partial charge on any atom is 0.319 e. The second-order valence-corrected chi connectivity index (χ2v) is 3.96. The molecule has 88 valence electrons. The lowest BCUT2D eigenvalue weighted by molar-refractivity contribution is 0.146. The fourth-order valence-electron chi connectivity index (χ4n) is 2.06. The van der Waals surface area contributed by atoms with Gasteiger partial charge in [0, 0.05) is 18.2 Å². The molecule has 1 fully saturated rings. The summed E-state index contributed by atoms with van der Waals surface area (Å²) in [6.07, 6.45) is 5.11. The van der Waals surface area contributed by atoms with E-state index in [-0.39, 0.29) is 6.10 Å². The molecule has 1 heterocycles. The first-order valence-electron chi connectivity index (χ1n) is 5.57. The van der Waals surface area contributed by atoms with Crippen molar-refractivity contribution in [3.8, 4) is 11.9 Å². The van der Waals surface area contributed by atoms with Crippen LogP contribution in [0.5, 0.6) is 11.9 Å². The van der Waals surface area contributed by atoms with Gasteiger partial charge >= 0.3 is 6.01 Å². The Balaban J connectivity index is 2.02. The van der Waals surface area contributed by atoms with E-state index in [0.29, 0.717) is 24.4 Å². The van der Waals surface area contributed by atoms with Gasteiger partial charge in [-0.2, -0.15) is 4.98 Å². The second-order valence-electron chi connectivity index (χ2n) is 3.96. The molecule has 0 aliphatic heterocycles. The van der Waals surface area contributed by atoms with Gasteiger partial charge in [-0.15, -0.1) is 0 Å². The Morgan fingerprint density at radius 3 is 3.12 bits per heavy atom. The average molecular weight is 223 g/mol. The van der Waals surface area contributed by atoms with E-state index in [1.807, 2.05) is 0 Å². The van der Waals surface area contributed by atoms with Gasteiger partial charge in [0.1, 0.15) is 6.10 Å². The molecule has 0 radical (unpaired) electrons. The molecule has 5 nitrogen and oxygen atoms in total. The zero-order valence-corrected chi connectivity index (χ0v) is 9.43. The molecule has 0 aromatic carbocycles. The molecule has 2 rings (SSSR count). The van der Waals surface area contributed by atoms with Gasteiger partial charge in [-0.3, -0.25) is 0 Å². The number of hydrogen-bond donors (Lipinski definition) is 1. The van der Waals surface area contributed by atoms with Gasteiger partial charge in [-0.25, -0.2) is 4.98 Å². The van der Waals surface area contributed by atoms with Crippen LogP contribution in [0.4, 0.5) is 0 Å². The zero-order chi connectivity index (χ0) is 11.4. The predicted octanol–water partition coefficient (Wildman–Crippen LogP) is 0.991. The van der Waals surface area contributed by atoms with Crippen molar-refractivity contribution >= 4 is 0 Å². The molecule has 0 bridgehead atoms. The summed E-state index contributed by atoms with van der Waals surface area (Å²) in [6, 6.07) is 2.08. The lowest BCUT2D eigenvalue weighted by Gasteiger charge is -2.18. The Hall–Kier alpha value is -1.36. The minimum absolute atomic E-state index is 0.150. The molecular formula is C11H17N3O2. The molecule has 1 aromatic rings. The van der Waals surface area contributed by atoms with Crippen LogP contribution in [-0.2, 0) is 0 Å². The summed E-state index contributed by atoms with van der Waals surface area (Å²) in [5, 5.41) is 0. The first-order valence-corrected chi connectivity index (χ1v) is 5.57. The van der Waals surface area contributed by atoms with Crippen molar-refractivity contribution in [3.05, 3.63) is 12.3 Å². The number of nitrogens with zero attached hydrogens (tertiary/aromatic N) is 2. The smallest absolute Gasteiger partial charge is 0.319 e. The van der Waals surface area contributed by atoms with E-state index in [2.05, 4.69) is 9.97 Å². The molecule has 1 saturated carbocycles. The molecule has 1 aliphatic rings. The van der Waals surface area contributed by atoms with E-state index < -0.39 is 0 Å². The van der Waals surface area contributed by atoms with E-state index in [1.165, 1.54) is 0 Å². The highest BCUT2D eigenvalue weighted by atomic mass is 16.5. The molecule has 0 saturated heterocycles. The van der Waals surface area contributed by atoms with E-state index >= 15 is 0 Å². The third kappa shape index (κ3) is 2.41. The second kappa shape index (κ2) is 5.12. The van der Waals surface area contributed by atoms with Gasteiger partial charge in [0.25, 0.3) is 0 Å². The van der Waals surface area contributed by atoms with Gasteiger partial charge < -0.3 is 15.2 Å². The van der Waals surface area contributed by atoms with Crippen LogP contribution in [-0.4, -0.2) is 29.7 Å². The van der Waals surface area contributed by atoms with Gasteiger partial charge in [0.15, 0.2) is 0 Å². The monoisotopic (exact) mass is 223 g/mol. The number of hydrogen-bond acceptors (Lipinski definition) is 5. The Labute approximate surface area is 95.0 Å². The van der Waals surface area contributed by atoms with E-state index in [9.17, 15) is 0 Å². The summed E-state index contributed by atoms with van der Waals surface area (Å²) < 4.78 is 10.8. The maximum absolute atomic E-state index is 5.74. The molecule has 16 heavy (non-hydrogen) atoms. The summed E-state index contributed by atoms with van der Waals surface area (Å²) in [5.74, 6) is 0.946. The lowest BCUT2D eigenvalue weighted by Crippen LogP contribution is -2.28. The van der Waals surface area contributed by atoms with Crippen LogP contribution in [0.25, 0.3) is 0 Å². The topological polar surface area (TPSA) is 70.3 Å². The number of nitrogens with two attached hydrogens (primary N) is 1. The van der Waals surface area contributed by atoms with Crippen molar-refractivity contribution in [2.24, 2.45) is 11.7 Å². The van der Waals surface area contributed by atoms with Crippen molar-refractivity contribution in [2.45, 2.75) is 25.4 Å². The molecular weight excluding hydrogens is 206 g/mol. The molecule has 2 N–H and O–H groups in total. The van der Waals surface area contributed by atoms with Crippen LogP contribution in [0, 0.1) is 5.92 Å². The van der Waals surface area contributed by atoms with Crippen LogP contribution in [0.15, 0.2) is 12.3 Å². The van der Waals surface area contributed by atoms with Crippen LogP contribution < -0.4 is 15.2 Å². The Bertz CT molecular complexity index is 346. The molecule has 5 heteroatoms. The molecule has 0 amide bonds. The third-order valence-electron chi connectivity index (χ3n) is 2.97. The lowest BCUT2D eigenvalue weighted by atomic mass is 10.1. The van der Waals surface area contributed by atoms with E-state index in [4.69, 9.17) is 15.2 Å². The maximum atomic E-state index is 5.74. The van der Waals surface area contributed by atoms with Crippen molar-refractivity contribution in [1.82, 2.24) is 9.97 Å². The van der Waals surface area contributed by atoms with Crippen LogP contribution in [0.3, 0.4) is 0 Å². The Kier molecular flexibility index (Phi) is 3.56. The summed E-state index contributed by atoms with van der Waals surface area (Å²) in [5.41, 5.74) is 5.69. The fourth-order valence-corrected chi connectivity index (χ4v) is 2.06. The SMILES string of the molecule is COc1ccnc(OC2CCCC2CN)n1. The van der Waals surface area contributed by atoms with Crippen LogP contribution in [0.1, 0.15) is 19.3 Å². The number of aromatic nitrogens is 2. The largest absolute Gasteiger partial charge is 0.481 e. The Morgan fingerprint density at radius 1 is 1.50 bits per heavy atom. The third-order valence-corrected chi connectivity index (χ3v) is 2.97. The first-order chi connectivity index (χ1) is 7.83. The Morgan fingerprint density at radius 2 is 2.38 bits per heavy atom. The summed E-state index contributed by atoms with van der Waals surface area (Å²) >= 11 is 0. The number of rotatable bonds is 4. The highest BCUT2D eigenvalue weighted by molar-refractivity contribution is 5.11. The molecule has 0 spiro atoms. The highest BCUT2D eigenvalue weighted by Gasteiger charge is 2.28. The van der Waals surface area contributed by atoms with E-state index in [0.717, 1.165) is 19.3 Å². The predicted molar refractivity (Wildman–Crippen MR) is 59.4 cm³/mol. The summed E-state index contributed by atoms with van der Waals surface area (Å²) in [4.78, 5) is 8.19. The van der Waals surface area contributed by atoms with Crippen molar-refractivity contribution in [1.29, 1.82) is 0 Å².